The maximum absolute atomic E-state index is 5.99. The SMILES string of the molecule is CCNC(=NCC1(N(C)C)CCOCC1)N1CCOC(c2cnn(C)c2)C1. The van der Waals surface area contributed by atoms with Crippen molar-refractivity contribution in [2.45, 2.75) is 31.4 Å². The lowest BCUT2D eigenvalue weighted by atomic mass is 9.89. The molecule has 1 N–H and O–H groups in total. The van der Waals surface area contributed by atoms with Gasteiger partial charge in [-0.25, -0.2) is 0 Å². The number of hydrogen-bond donors (Lipinski definition) is 1. The number of rotatable bonds is 5. The fourth-order valence-electron chi connectivity index (χ4n) is 3.80. The van der Waals surface area contributed by atoms with Gasteiger partial charge in [0.05, 0.1) is 25.9 Å². The van der Waals surface area contributed by atoms with Gasteiger partial charge in [-0.3, -0.25) is 9.67 Å². The fourth-order valence-corrected chi connectivity index (χ4v) is 3.80. The zero-order chi connectivity index (χ0) is 19.3. The van der Waals surface area contributed by atoms with E-state index < -0.39 is 0 Å². The minimum absolute atomic E-state index is 0.0298. The number of nitrogens with zero attached hydrogens (tertiary/aromatic N) is 5. The first-order valence-electron chi connectivity index (χ1n) is 9.92. The number of guanidine groups is 1. The van der Waals surface area contributed by atoms with Crippen LogP contribution in [-0.4, -0.2) is 91.2 Å². The Hall–Kier alpha value is -1.64. The third-order valence-corrected chi connectivity index (χ3v) is 5.69. The highest BCUT2D eigenvalue weighted by molar-refractivity contribution is 5.80. The molecule has 2 aliphatic heterocycles. The highest BCUT2D eigenvalue weighted by atomic mass is 16.5. The molecule has 2 saturated heterocycles. The average molecular weight is 379 g/mol. The van der Waals surface area contributed by atoms with E-state index >= 15 is 0 Å². The second kappa shape index (κ2) is 9.03. The Morgan fingerprint density at radius 3 is 2.78 bits per heavy atom. The molecule has 0 aliphatic carbocycles. The average Bonchev–Trinajstić information content (AvgIpc) is 3.12. The van der Waals surface area contributed by atoms with Crippen molar-refractivity contribution in [2.24, 2.45) is 12.0 Å². The number of aromatic nitrogens is 2. The van der Waals surface area contributed by atoms with E-state index in [4.69, 9.17) is 14.5 Å². The van der Waals surface area contributed by atoms with Crippen LogP contribution in [0.15, 0.2) is 17.4 Å². The van der Waals surface area contributed by atoms with Crippen LogP contribution in [0.25, 0.3) is 0 Å². The minimum Gasteiger partial charge on any atom is -0.381 e. The summed E-state index contributed by atoms with van der Waals surface area (Å²) < 4.78 is 13.4. The molecule has 1 atom stereocenters. The van der Waals surface area contributed by atoms with Crippen LogP contribution in [0.5, 0.6) is 0 Å². The maximum Gasteiger partial charge on any atom is 0.194 e. The summed E-state index contributed by atoms with van der Waals surface area (Å²) in [6.45, 7) is 7.69. The minimum atomic E-state index is 0.0298. The third kappa shape index (κ3) is 4.80. The van der Waals surface area contributed by atoms with Crippen LogP contribution >= 0.6 is 0 Å². The van der Waals surface area contributed by atoms with E-state index in [9.17, 15) is 0 Å². The first-order valence-corrected chi connectivity index (χ1v) is 9.92. The van der Waals surface area contributed by atoms with Crippen molar-refractivity contribution in [3.63, 3.8) is 0 Å². The van der Waals surface area contributed by atoms with Gasteiger partial charge in [-0.2, -0.15) is 5.10 Å². The molecule has 27 heavy (non-hydrogen) atoms. The van der Waals surface area contributed by atoms with E-state index in [0.29, 0.717) is 6.61 Å². The van der Waals surface area contributed by atoms with E-state index in [1.807, 2.05) is 24.1 Å². The molecular formula is C19H34N6O2. The highest BCUT2D eigenvalue weighted by Crippen LogP contribution is 2.27. The van der Waals surface area contributed by atoms with Crippen molar-refractivity contribution in [1.82, 2.24) is 24.9 Å². The van der Waals surface area contributed by atoms with Gasteiger partial charge in [0.25, 0.3) is 0 Å². The van der Waals surface area contributed by atoms with Gasteiger partial charge >= 0.3 is 0 Å². The third-order valence-electron chi connectivity index (χ3n) is 5.69. The molecule has 8 nitrogen and oxygen atoms in total. The molecule has 152 valence electrons. The van der Waals surface area contributed by atoms with E-state index in [1.54, 1.807) is 0 Å². The summed E-state index contributed by atoms with van der Waals surface area (Å²) in [5, 5.41) is 7.75. The first-order chi connectivity index (χ1) is 13.0. The van der Waals surface area contributed by atoms with Crippen molar-refractivity contribution in [2.75, 3.05) is 60.1 Å². The van der Waals surface area contributed by atoms with Crippen molar-refractivity contribution in [3.05, 3.63) is 18.0 Å². The molecule has 8 heteroatoms. The van der Waals surface area contributed by atoms with Gasteiger partial charge in [-0.15, -0.1) is 0 Å². The topological polar surface area (TPSA) is 67.2 Å². The molecule has 3 rings (SSSR count). The zero-order valence-electron chi connectivity index (χ0n) is 17.1. The summed E-state index contributed by atoms with van der Waals surface area (Å²) in [5.41, 5.74) is 1.20. The number of ether oxygens (including phenoxy) is 2. The van der Waals surface area contributed by atoms with Crippen molar-refractivity contribution < 1.29 is 9.47 Å². The number of aryl methyl sites for hydroxylation is 1. The van der Waals surface area contributed by atoms with Gasteiger partial charge in [-0.1, -0.05) is 0 Å². The molecule has 0 aromatic carbocycles. The van der Waals surface area contributed by atoms with Gasteiger partial charge in [0, 0.05) is 50.7 Å². The van der Waals surface area contributed by atoms with Crippen LogP contribution < -0.4 is 5.32 Å². The lowest BCUT2D eigenvalue weighted by Gasteiger charge is -2.42. The predicted octanol–water partition coefficient (Wildman–Crippen LogP) is 0.870. The number of nitrogens with one attached hydrogen (secondary N) is 1. The number of aliphatic imine (C=N–C) groups is 1. The second-order valence-electron chi connectivity index (χ2n) is 7.65. The zero-order valence-corrected chi connectivity index (χ0v) is 17.1. The number of hydrogen-bond acceptors (Lipinski definition) is 5. The van der Waals surface area contributed by atoms with E-state index in [-0.39, 0.29) is 11.6 Å². The molecule has 1 aromatic heterocycles. The standard InChI is InChI=1S/C19H34N6O2/c1-5-20-18(21-15-19(23(2)3)6-9-26-10-7-19)25-8-11-27-17(14-25)16-12-22-24(4)13-16/h12-13,17H,5-11,14-15H2,1-4H3,(H,20,21). The normalized spacial score (nSPS) is 23.7. The van der Waals surface area contributed by atoms with Gasteiger partial charge in [-0.05, 0) is 33.9 Å². The van der Waals surface area contributed by atoms with Gasteiger partial charge in [0.15, 0.2) is 5.96 Å². The molecule has 2 fully saturated rings. The highest BCUT2D eigenvalue weighted by Gasteiger charge is 2.35. The van der Waals surface area contributed by atoms with Crippen molar-refractivity contribution in [1.29, 1.82) is 0 Å². The summed E-state index contributed by atoms with van der Waals surface area (Å²) in [6, 6.07) is 0. The summed E-state index contributed by atoms with van der Waals surface area (Å²) >= 11 is 0. The van der Waals surface area contributed by atoms with Crippen LogP contribution in [-0.2, 0) is 16.5 Å². The summed E-state index contributed by atoms with van der Waals surface area (Å²) in [5.74, 6) is 0.974. The molecule has 0 amide bonds. The van der Waals surface area contributed by atoms with Gasteiger partial charge in [0.2, 0.25) is 0 Å². The van der Waals surface area contributed by atoms with E-state index in [1.165, 1.54) is 0 Å². The molecular weight excluding hydrogens is 344 g/mol. The lowest BCUT2D eigenvalue weighted by molar-refractivity contribution is -0.00971. The van der Waals surface area contributed by atoms with Gasteiger partial charge < -0.3 is 24.6 Å². The summed E-state index contributed by atoms with van der Waals surface area (Å²) in [7, 11) is 6.24. The number of morpholine rings is 1. The van der Waals surface area contributed by atoms with Crippen LogP contribution in [0.2, 0.25) is 0 Å². The molecule has 2 aliphatic rings. The molecule has 1 aromatic rings. The molecule has 0 radical (unpaired) electrons. The molecule has 0 saturated carbocycles. The Morgan fingerprint density at radius 2 is 2.15 bits per heavy atom. The van der Waals surface area contributed by atoms with Crippen molar-refractivity contribution >= 4 is 5.96 Å². The quantitative estimate of drug-likeness (QED) is 0.606. The van der Waals surface area contributed by atoms with Crippen LogP contribution in [0.1, 0.15) is 31.4 Å². The Kier molecular flexibility index (Phi) is 6.73. The largest absolute Gasteiger partial charge is 0.381 e. The fraction of sp³-hybridized carbons (Fsp3) is 0.789. The molecule has 0 spiro atoms. The van der Waals surface area contributed by atoms with Gasteiger partial charge in [0.1, 0.15) is 6.10 Å². The lowest BCUT2D eigenvalue weighted by Crippen LogP contribution is -2.53. The molecule has 3 heterocycles. The van der Waals surface area contributed by atoms with Crippen molar-refractivity contribution in [3.8, 4) is 0 Å². The van der Waals surface area contributed by atoms with Crippen LogP contribution in [0.4, 0.5) is 0 Å². The Labute approximate surface area is 162 Å². The Balaban J connectivity index is 1.72. The first kappa shape index (κ1) is 20.1. The summed E-state index contributed by atoms with van der Waals surface area (Å²) in [4.78, 5) is 9.68. The van der Waals surface area contributed by atoms with E-state index in [0.717, 1.165) is 63.8 Å². The smallest absolute Gasteiger partial charge is 0.194 e. The predicted molar refractivity (Wildman–Crippen MR) is 106 cm³/mol. The Bertz CT molecular complexity index is 623. The molecule has 1 unspecified atom stereocenters. The van der Waals surface area contributed by atoms with Crippen LogP contribution in [0.3, 0.4) is 0 Å². The molecule has 0 bridgehead atoms. The van der Waals surface area contributed by atoms with E-state index in [2.05, 4.69) is 41.2 Å². The monoisotopic (exact) mass is 378 g/mol. The summed E-state index contributed by atoms with van der Waals surface area (Å²) in [6.07, 6.45) is 5.99. The Morgan fingerprint density at radius 1 is 1.37 bits per heavy atom. The number of likely N-dealkylation sites (N-methyl/N-ethyl adjacent to an activating group) is 1. The van der Waals surface area contributed by atoms with Crippen LogP contribution in [0, 0.1) is 0 Å². The second-order valence-corrected chi connectivity index (χ2v) is 7.65. The maximum atomic E-state index is 5.99.